The molecule has 2 aromatic rings. The Balaban J connectivity index is 2.23. The second-order valence-corrected chi connectivity index (χ2v) is 5.35. The molecule has 0 bridgehead atoms. The number of benzene rings is 2. The van der Waals surface area contributed by atoms with Gasteiger partial charge in [-0.2, -0.15) is 0 Å². The lowest BCUT2D eigenvalue weighted by atomic mass is 9.97. The first-order chi connectivity index (χ1) is 10.0. The summed E-state index contributed by atoms with van der Waals surface area (Å²) in [6.45, 7) is 1.96. The van der Waals surface area contributed by atoms with Crippen LogP contribution in [0.4, 0.5) is 0 Å². The summed E-state index contributed by atoms with van der Waals surface area (Å²) < 4.78 is 10.5. The lowest BCUT2D eigenvalue weighted by molar-refractivity contribution is 0.177. The number of ether oxygens (including phenoxy) is 2. The van der Waals surface area contributed by atoms with E-state index in [1.54, 1.807) is 14.2 Å². The third kappa shape index (κ3) is 3.69. The molecule has 0 heterocycles. The molecule has 1 atom stereocenters. The maximum absolute atomic E-state index is 10.4. The standard InChI is InChI=1S/C17H19ClO3/c1-11-4-6-13(18)10-14(11)15(19)8-12-5-7-16(20-2)17(9-12)21-3/h4-7,9-10,15,19H,8H2,1-3H3. The minimum Gasteiger partial charge on any atom is -0.493 e. The van der Waals surface area contributed by atoms with Gasteiger partial charge in [0.15, 0.2) is 11.5 Å². The number of methoxy groups -OCH3 is 2. The number of aliphatic hydroxyl groups is 1. The highest BCUT2D eigenvalue weighted by molar-refractivity contribution is 6.30. The summed E-state index contributed by atoms with van der Waals surface area (Å²) in [5.74, 6) is 1.33. The largest absolute Gasteiger partial charge is 0.493 e. The van der Waals surface area contributed by atoms with E-state index >= 15 is 0 Å². The molecule has 0 amide bonds. The molecule has 3 nitrogen and oxygen atoms in total. The van der Waals surface area contributed by atoms with E-state index in [1.807, 2.05) is 43.3 Å². The Hall–Kier alpha value is -1.71. The molecule has 0 saturated carbocycles. The van der Waals surface area contributed by atoms with Gasteiger partial charge in [0.05, 0.1) is 20.3 Å². The molecule has 112 valence electrons. The van der Waals surface area contributed by atoms with E-state index < -0.39 is 6.10 Å². The van der Waals surface area contributed by atoms with Crippen molar-refractivity contribution < 1.29 is 14.6 Å². The van der Waals surface area contributed by atoms with E-state index in [-0.39, 0.29) is 0 Å². The molecular formula is C17H19ClO3. The molecule has 0 spiro atoms. The SMILES string of the molecule is COc1ccc(CC(O)c2cc(Cl)ccc2C)cc1OC. The van der Waals surface area contributed by atoms with Gasteiger partial charge in [-0.15, -0.1) is 0 Å². The van der Waals surface area contributed by atoms with Gasteiger partial charge in [0.1, 0.15) is 0 Å². The zero-order valence-corrected chi connectivity index (χ0v) is 13.1. The van der Waals surface area contributed by atoms with Gasteiger partial charge in [-0.3, -0.25) is 0 Å². The van der Waals surface area contributed by atoms with Gasteiger partial charge in [-0.1, -0.05) is 23.7 Å². The van der Waals surface area contributed by atoms with Crippen LogP contribution in [0.1, 0.15) is 22.8 Å². The van der Waals surface area contributed by atoms with Gasteiger partial charge < -0.3 is 14.6 Å². The van der Waals surface area contributed by atoms with Crippen molar-refractivity contribution in [1.29, 1.82) is 0 Å². The van der Waals surface area contributed by atoms with Crippen LogP contribution in [0.25, 0.3) is 0 Å². The fourth-order valence-corrected chi connectivity index (χ4v) is 2.49. The van der Waals surface area contributed by atoms with Gasteiger partial charge in [0.25, 0.3) is 0 Å². The van der Waals surface area contributed by atoms with Gasteiger partial charge >= 0.3 is 0 Å². The van der Waals surface area contributed by atoms with Crippen molar-refractivity contribution in [3.63, 3.8) is 0 Å². The number of hydrogen-bond donors (Lipinski definition) is 1. The molecule has 0 aliphatic heterocycles. The summed E-state index contributed by atoms with van der Waals surface area (Å²) in [5, 5.41) is 11.1. The van der Waals surface area contributed by atoms with Crippen molar-refractivity contribution in [2.24, 2.45) is 0 Å². The predicted octanol–water partition coefficient (Wildman–Crippen LogP) is 3.94. The summed E-state index contributed by atoms with van der Waals surface area (Å²) in [6.07, 6.45) is -0.122. The van der Waals surface area contributed by atoms with Crippen molar-refractivity contribution in [1.82, 2.24) is 0 Å². The van der Waals surface area contributed by atoms with E-state index in [0.717, 1.165) is 16.7 Å². The molecule has 0 saturated heterocycles. The van der Waals surface area contributed by atoms with E-state index in [2.05, 4.69) is 0 Å². The van der Waals surface area contributed by atoms with Gasteiger partial charge in [0, 0.05) is 11.4 Å². The molecule has 0 fully saturated rings. The maximum atomic E-state index is 10.4. The summed E-state index contributed by atoms with van der Waals surface area (Å²) in [7, 11) is 3.20. The van der Waals surface area contributed by atoms with E-state index in [4.69, 9.17) is 21.1 Å². The van der Waals surface area contributed by atoms with Crippen LogP contribution in [0.5, 0.6) is 11.5 Å². The minimum atomic E-state index is -0.609. The average Bonchev–Trinajstić information content (AvgIpc) is 2.49. The van der Waals surface area contributed by atoms with Crippen LogP contribution in [0.15, 0.2) is 36.4 Å². The first-order valence-corrected chi connectivity index (χ1v) is 7.08. The fraction of sp³-hybridized carbons (Fsp3) is 0.294. The van der Waals surface area contributed by atoms with Crippen LogP contribution >= 0.6 is 11.6 Å². The van der Waals surface area contributed by atoms with Crippen molar-refractivity contribution in [3.8, 4) is 11.5 Å². The monoisotopic (exact) mass is 306 g/mol. The Morgan fingerprint density at radius 3 is 2.43 bits per heavy atom. The number of halogens is 1. The van der Waals surface area contributed by atoms with Crippen LogP contribution in [0, 0.1) is 6.92 Å². The first-order valence-electron chi connectivity index (χ1n) is 6.70. The summed E-state index contributed by atoms with van der Waals surface area (Å²) in [6, 6.07) is 11.2. The maximum Gasteiger partial charge on any atom is 0.160 e. The number of aryl methyl sites for hydroxylation is 1. The predicted molar refractivity (Wildman–Crippen MR) is 84.4 cm³/mol. The number of rotatable bonds is 5. The van der Waals surface area contributed by atoms with Gasteiger partial charge in [0.2, 0.25) is 0 Å². The first kappa shape index (κ1) is 15.7. The lowest BCUT2D eigenvalue weighted by Gasteiger charge is -2.15. The molecule has 2 aromatic carbocycles. The highest BCUT2D eigenvalue weighted by Crippen LogP contribution is 2.30. The second kappa shape index (κ2) is 6.83. The molecular weight excluding hydrogens is 288 g/mol. The van der Waals surface area contributed by atoms with E-state index in [9.17, 15) is 5.11 Å². The Bertz CT molecular complexity index is 625. The Labute approximate surface area is 130 Å². The van der Waals surface area contributed by atoms with Crippen LogP contribution in [0.3, 0.4) is 0 Å². The van der Waals surface area contributed by atoms with E-state index in [0.29, 0.717) is 22.9 Å². The summed E-state index contributed by atoms with van der Waals surface area (Å²) in [5.41, 5.74) is 2.84. The smallest absolute Gasteiger partial charge is 0.160 e. The van der Waals surface area contributed by atoms with Crippen LogP contribution in [-0.2, 0) is 6.42 Å². The number of aliphatic hydroxyl groups excluding tert-OH is 1. The minimum absolute atomic E-state index is 0.488. The highest BCUT2D eigenvalue weighted by Gasteiger charge is 2.13. The second-order valence-electron chi connectivity index (χ2n) is 4.91. The summed E-state index contributed by atoms with van der Waals surface area (Å²) >= 11 is 6.00. The highest BCUT2D eigenvalue weighted by atomic mass is 35.5. The number of hydrogen-bond acceptors (Lipinski definition) is 3. The quantitative estimate of drug-likeness (QED) is 0.909. The van der Waals surface area contributed by atoms with E-state index in [1.165, 1.54) is 0 Å². The molecule has 2 rings (SSSR count). The molecule has 0 aromatic heterocycles. The topological polar surface area (TPSA) is 38.7 Å². The van der Waals surface area contributed by atoms with Crippen molar-refractivity contribution in [2.75, 3.05) is 14.2 Å². The fourth-order valence-electron chi connectivity index (χ4n) is 2.31. The zero-order chi connectivity index (χ0) is 15.4. The molecule has 1 N–H and O–H groups in total. The molecule has 1 unspecified atom stereocenters. The average molecular weight is 307 g/mol. The zero-order valence-electron chi connectivity index (χ0n) is 12.4. The van der Waals surface area contributed by atoms with Crippen molar-refractivity contribution >= 4 is 11.6 Å². The molecule has 0 radical (unpaired) electrons. The third-order valence-electron chi connectivity index (χ3n) is 3.48. The van der Waals surface area contributed by atoms with Crippen LogP contribution < -0.4 is 9.47 Å². The Morgan fingerprint density at radius 2 is 1.76 bits per heavy atom. The van der Waals surface area contributed by atoms with Crippen LogP contribution in [0.2, 0.25) is 5.02 Å². The Kier molecular flexibility index (Phi) is 5.10. The molecule has 0 aliphatic carbocycles. The molecule has 21 heavy (non-hydrogen) atoms. The summed E-state index contributed by atoms with van der Waals surface area (Å²) in [4.78, 5) is 0. The Morgan fingerprint density at radius 1 is 1.05 bits per heavy atom. The third-order valence-corrected chi connectivity index (χ3v) is 3.71. The molecule has 0 aliphatic rings. The van der Waals surface area contributed by atoms with Gasteiger partial charge in [-0.25, -0.2) is 0 Å². The van der Waals surface area contributed by atoms with Crippen LogP contribution in [-0.4, -0.2) is 19.3 Å². The lowest BCUT2D eigenvalue weighted by Crippen LogP contribution is -2.04. The van der Waals surface area contributed by atoms with Gasteiger partial charge in [-0.05, 0) is 47.9 Å². The normalized spacial score (nSPS) is 12.0. The molecule has 4 heteroatoms. The van der Waals surface area contributed by atoms with Crippen molar-refractivity contribution in [3.05, 3.63) is 58.1 Å². The van der Waals surface area contributed by atoms with Crippen molar-refractivity contribution in [2.45, 2.75) is 19.4 Å².